The van der Waals surface area contributed by atoms with Crippen molar-refractivity contribution in [1.82, 2.24) is 9.97 Å². The van der Waals surface area contributed by atoms with Gasteiger partial charge in [-0.1, -0.05) is 0 Å². The van der Waals surface area contributed by atoms with Crippen molar-refractivity contribution in [3.63, 3.8) is 0 Å². The van der Waals surface area contributed by atoms with E-state index in [2.05, 4.69) is 15.3 Å². The van der Waals surface area contributed by atoms with Crippen LogP contribution in [0.5, 0.6) is 0 Å². The van der Waals surface area contributed by atoms with Crippen molar-refractivity contribution in [1.29, 1.82) is 0 Å². The van der Waals surface area contributed by atoms with E-state index < -0.39 is 0 Å². The lowest BCUT2D eigenvalue weighted by atomic mass is 10.6. The zero-order chi connectivity index (χ0) is 9.68. The molecule has 0 saturated carbocycles. The molecule has 13 heavy (non-hydrogen) atoms. The molecule has 1 aromatic rings. The Morgan fingerprint density at radius 2 is 2.38 bits per heavy atom. The number of H-pyrrole nitrogens is 1. The van der Waals surface area contributed by atoms with Crippen LogP contribution in [-0.4, -0.2) is 29.7 Å². The van der Waals surface area contributed by atoms with Gasteiger partial charge in [-0.25, -0.2) is 4.98 Å². The summed E-state index contributed by atoms with van der Waals surface area (Å²) in [5.74, 6) is 2.10. The fourth-order valence-corrected chi connectivity index (χ4v) is 1.03. The molecule has 5 heteroatoms. The predicted molar refractivity (Wildman–Crippen MR) is 52.7 cm³/mol. The molecule has 0 aliphatic carbocycles. The molecule has 0 fully saturated rings. The van der Waals surface area contributed by atoms with E-state index in [0.29, 0.717) is 18.2 Å². The molecule has 1 rings (SSSR count). The minimum Gasteiger partial charge on any atom is -0.382 e. The quantitative estimate of drug-likeness (QED) is 0.590. The first kappa shape index (κ1) is 9.85. The van der Waals surface area contributed by atoms with E-state index in [4.69, 9.17) is 10.5 Å². The third-order valence-electron chi connectivity index (χ3n) is 1.59. The normalized spacial score (nSPS) is 10.3. The van der Waals surface area contributed by atoms with Crippen molar-refractivity contribution in [3.8, 4) is 0 Å². The molecule has 0 aromatic carbocycles. The number of aryl methyl sites for hydroxylation is 1. The van der Waals surface area contributed by atoms with Crippen LogP contribution in [-0.2, 0) is 4.74 Å². The lowest BCUT2D eigenvalue weighted by molar-refractivity contribution is 0.158. The van der Waals surface area contributed by atoms with Gasteiger partial charge in [0.15, 0.2) is 5.82 Å². The van der Waals surface area contributed by atoms with Gasteiger partial charge in [0.05, 0.1) is 6.61 Å². The maximum atomic E-state index is 5.63. The van der Waals surface area contributed by atoms with Crippen LogP contribution in [0.2, 0.25) is 0 Å². The number of nitrogens with zero attached hydrogens (tertiary/aromatic N) is 1. The van der Waals surface area contributed by atoms with Gasteiger partial charge in [0.2, 0.25) is 0 Å². The van der Waals surface area contributed by atoms with Crippen molar-refractivity contribution in [2.75, 3.05) is 30.8 Å². The Kier molecular flexibility index (Phi) is 3.57. The first-order valence-electron chi connectivity index (χ1n) is 4.37. The number of rotatable bonds is 5. The molecular formula is C8H16N4O. The van der Waals surface area contributed by atoms with E-state index in [1.165, 1.54) is 0 Å². The van der Waals surface area contributed by atoms with Crippen molar-refractivity contribution in [2.45, 2.75) is 13.8 Å². The van der Waals surface area contributed by atoms with E-state index in [1.54, 1.807) is 0 Å². The smallest absolute Gasteiger partial charge is 0.168 e. The van der Waals surface area contributed by atoms with Crippen LogP contribution in [0.4, 0.5) is 11.6 Å². The maximum Gasteiger partial charge on any atom is 0.168 e. The number of nitrogens with one attached hydrogen (secondary N) is 2. The summed E-state index contributed by atoms with van der Waals surface area (Å²) >= 11 is 0. The monoisotopic (exact) mass is 184 g/mol. The Hall–Kier alpha value is -1.23. The Labute approximate surface area is 77.7 Å². The Bertz CT molecular complexity index is 259. The van der Waals surface area contributed by atoms with Gasteiger partial charge < -0.3 is 20.8 Å². The van der Waals surface area contributed by atoms with Gasteiger partial charge in [0.1, 0.15) is 11.6 Å². The third-order valence-corrected chi connectivity index (χ3v) is 1.59. The van der Waals surface area contributed by atoms with Crippen LogP contribution in [0, 0.1) is 6.92 Å². The molecule has 0 atom stereocenters. The zero-order valence-corrected chi connectivity index (χ0v) is 8.05. The number of imidazole rings is 1. The van der Waals surface area contributed by atoms with Gasteiger partial charge in [0, 0.05) is 13.2 Å². The van der Waals surface area contributed by atoms with Crippen LogP contribution < -0.4 is 11.1 Å². The Balaban J connectivity index is 2.32. The van der Waals surface area contributed by atoms with E-state index in [0.717, 1.165) is 19.0 Å². The average molecular weight is 184 g/mol. The summed E-state index contributed by atoms with van der Waals surface area (Å²) in [5, 5.41) is 3.08. The predicted octanol–water partition coefficient (Wildman–Crippen LogP) is 0.749. The molecule has 5 nitrogen and oxygen atoms in total. The molecular weight excluding hydrogens is 168 g/mol. The molecule has 0 spiro atoms. The molecule has 1 aromatic heterocycles. The van der Waals surface area contributed by atoms with Gasteiger partial charge in [-0.2, -0.15) is 0 Å². The van der Waals surface area contributed by atoms with Crippen LogP contribution in [0.3, 0.4) is 0 Å². The van der Waals surface area contributed by atoms with Crippen molar-refractivity contribution in [2.24, 2.45) is 0 Å². The highest BCUT2D eigenvalue weighted by atomic mass is 16.5. The summed E-state index contributed by atoms with van der Waals surface area (Å²) < 4.78 is 5.16. The number of ether oxygens (including phenoxy) is 1. The van der Waals surface area contributed by atoms with Crippen molar-refractivity contribution in [3.05, 3.63) is 5.82 Å². The van der Waals surface area contributed by atoms with E-state index in [1.807, 2.05) is 13.8 Å². The average Bonchev–Trinajstić information content (AvgIpc) is 2.39. The van der Waals surface area contributed by atoms with E-state index in [-0.39, 0.29) is 0 Å². The summed E-state index contributed by atoms with van der Waals surface area (Å²) in [6.45, 7) is 5.96. The highest BCUT2D eigenvalue weighted by molar-refractivity contribution is 5.56. The van der Waals surface area contributed by atoms with Gasteiger partial charge in [-0.3, -0.25) is 0 Å². The summed E-state index contributed by atoms with van der Waals surface area (Å²) in [4.78, 5) is 7.07. The third kappa shape index (κ3) is 2.95. The SMILES string of the molecule is CCOCCNc1nc(C)[nH]c1N. The molecule has 1 heterocycles. The molecule has 0 aliphatic rings. The Morgan fingerprint density at radius 1 is 1.62 bits per heavy atom. The van der Waals surface area contributed by atoms with Crippen LogP contribution in [0.1, 0.15) is 12.7 Å². The number of hydrogen-bond donors (Lipinski definition) is 3. The standard InChI is InChI=1S/C8H16N4O/c1-3-13-5-4-10-8-7(9)11-6(2)12-8/h10H,3-5,9H2,1-2H3,(H,11,12). The number of aromatic nitrogens is 2. The second-order valence-electron chi connectivity index (χ2n) is 2.71. The van der Waals surface area contributed by atoms with Crippen LogP contribution in [0.15, 0.2) is 0 Å². The molecule has 0 aliphatic heterocycles. The van der Waals surface area contributed by atoms with E-state index >= 15 is 0 Å². The number of hydrogen-bond acceptors (Lipinski definition) is 4. The molecule has 0 saturated heterocycles. The van der Waals surface area contributed by atoms with Gasteiger partial charge in [0.25, 0.3) is 0 Å². The van der Waals surface area contributed by atoms with Crippen molar-refractivity contribution >= 4 is 11.6 Å². The molecule has 0 radical (unpaired) electrons. The van der Waals surface area contributed by atoms with Gasteiger partial charge in [-0.15, -0.1) is 0 Å². The summed E-state index contributed by atoms with van der Waals surface area (Å²) in [6, 6.07) is 0. The minimum atomic E-state index is 0.578. The number of aromatic amines is 1. The molecule has 0 unspecified atom stereocenters. The number of nitrogen functional groups attached to an aromatic ring is 1. The van der Waals surface area contributed by atoms with Crippen LogP contribution in [0.25, 0.3) is 0 Å². The van der Waals surface area contributed by atoms with Crippen molar-refractivity contribution < 1.29 is 4.74 Å². The van der Waals surface area contributed by atoms with Crippen LogP contribution >= 0.6 is 0 Å². The highest BCUT2D eigenvalue weighted by Gasteiger charge is 2.02. The Morgan fingerprint density at radius 3 is 2.92 bits per heavy atom. The van der Waals surface area contributed by atoms with Gasteiger partial charge >= 0.3 is 0 Å². The first-order chi connectivity index (χ1) is 6.24. The lowest BCUT2D eigenvalue weighted by Crippen LogP contribution is -2.10. The number of anilines is 2. The molecule has 0 amide bonds. The van der Waals surface area contributed by atoms with Gasteiger partial charge in [-0.05, 0) is 13.8 Å². The molecule has 4 N–H and O–H groups in total. The summed E-state index contributed by atoms with van der Waals surface area (Å²) in [5.41, 5.74) is 5.63. The molecule has 0 bridgehead atoms. The summed E-state index contributed by atoms with van der Waals surface area (Å²) in [7, 11) is 0. The second kappa shape index (κ2) is 4.71. The zero-order valence-electron chi connectivity index (χ0n) is 8.05. The first-order valence-corrected chi connectivity index (χ1v) is 4.37. The van der Waals surface area contributed by atoms with E-state index in [9.17, 15) is 0 Å². The maximum absolute atomic E-state index is 5.63. The second-order valence-corrected chi connectivity index (χ2v) is 2.71. The minimum absolute atomic E-state index is 0.578. The largest absolute Gasteiger partial charge is 0.382 e. The highest BCUT2D eigenvalue weighted by Crippen LogP contribution is 2.12. The number of nitrogens with two attached hydrogens (primary N) is 1. The molecule has 74 valence electrons. The topological polar surface area (TPSA) is 76.0 Å². The summed E-state index contributed by atoms with van der Waals surface area (Å²) in [6.07, 6.45) is 0. The fraction of sp³-hybridized carbons (Fsp3) is 0.625. The fourth-order valence-electron chi connectivity index (χ4n) is 1.03. The lowest BCUT2D eigenvalue weighted by Gasteiger charge is -2.03.